The van der Waals surface area contributed by atoms with Gasteiger partial charge in [0.2, 0.25) is 0 Å². The van der Waals surface area contributed by atoms with Crippen LogP contribution in [-0.4, -0.2) is 27.8 Å². The highest BCUT2D eigenvalue weighted by atomic mass is 16.4. The summed E-state index contributed by atoms with van der Waals surface area (Å²) in [5.41, 5.74) is 0.512. The highest BCUT2D eigenvalue weighted by Crippen LogP contribution is 2.33. The molecule has 1 aliphatic rings. The van der Waals surface area contributed by atoms with E-state index in [1.54, 1.807) is 13.0 Å². The molecule has 0 fully saturated rings. The number of amides is 1. The zero-order chi connectivity index (χ0) is 19.9. The Kier molecular flexibility index (Phi) is 4.47. The summed E-state index contributed by atoms with van der Waals surface area (Å²) in [6, 6.07) is 5.86. The Morgan fingerprint density at radius 3 is 2.48 bits per heavy atom. The summed E-state index contributed by atoms with van der Waals surface area (Å²) >= 11 is 0. The van der Waals surface area contributed by atoms with E-state index < -0.39 is 17.4 Å². The molecule has 3 N–H and O–H groups in total. The van der Waals surface area contributed by atoms with Crippen molar-refractivity contribution in [2.75, 3.05) is 5.32 Å². The molecule has 0 unspecified atom stereocenters. The number of aromatic nitrogens is 1. The normalized spacial score (nSPS) is 15.1. The maximum Gasteiger partial charge on any atom is 0.337 e. The Balaban J connectivity index is 1.98. The van der Waals surface area contributed by atoms with Crippen LogP contribution < -0.4 is 10.9 Å². The Morgan fingerprint density at radius 2 is 1.81 bits per heavy atom. The molecule has 1 aromatic heterocycles. The van der Waals surface area contributed by atoms with Crippen LogP contribution in [-0.2, 0) is 6.42 Å². The molecule has 1 heterocycles. The minimum Gasteiger partial charge on any atom is -0.478 e. The van der Waals surface area contributed by atoms with Crippen molar-refractivity contribution in [3.8, 4) is 0 Å². The molecule has 140 valence electrons. The highest BCUT2D eigenvalue weighted by Gasteiger charge is 2.32. The monoisotopic (exact) mass is 368 g/mol. The van der Waals surface area contributed by atoms with Gasteiger partial charge in [-0.3, -0.25) is 14.4 Å². The molecular weight excluding hydrogens is 348 g/mol. The SMILES string of the molecule is Cc1ccc(NC(=O)c2cc3c([nH]c2=O)CC(C)(C)CC3=O)c(C(=O)O)c1. The standard InChI is InChI=1S/C20H20N2O5/c1-10-4-5-14(12(6-10)19(26)27)21-17(24)13-7-11-15(22-18(13)25)8-20(2,3)9-16(11)23/h4-7H,8-9H2,1-3H3,(H,21,24)(H,22,25)(H,26,27). The van der Waals surface area contributed by atoms with Crippen molar-refractivity contribution in [3.05, 3.63) is 62.6 Å². The molecule has 0 spiro atoms. The molecule has 7 heteroatoms. The number of carbonyl (C=O) groups is 3. The van der Waals surface area contributed by atoms with Crippen LogP contribution in [0, 0.1) is 12.3 Å². The van der Waals surface area contributed by atoms with Crippen LogP contribution in [0.25, 0.3) is 0 Å². The first kappa shape index (κ1) is 18.6. The summed E-state index contributed by atoms with van der Waals surface area (Å²) in [5, 5.41) is 11.8. The number of aryl methyl sites for hydroxylation is 1. The van der Waals surface area contributed by atoms with Crippen LogP contribution in [0.3, 0.4) is 0 Å². The third-order valence-electron chi connectivity index (χ3n) is 4.62. The van der Waals surface area contributed by atoms with Crippen LogP contribution in [0.1, 0.15) is 62.6 Å². The van der Waals surface area contributed by atoms with Gasteiger partial charge in [0, 0.05) is 17.7 Å². The molecule has 2 aromatic rings. The molecule has 1 aromatic carbocycles. The second-order valence-electron chi connectivity index (χ2n) is 7.65. The Hall–Kier alpha value is -3.22. The lowest BCUT2D eigenvalue weighted by Crippen LogP contribution is -2.33. The number of ketones is 1. The summed E-state index contributed by atoms with van der Waals surface area (Å²) in [6.07, 6.45) is 0.862. The number of anilines is 1. The number of carboxylic acids is 1. The van der Waals surface area contributed by atoms with Gasteiger partial charge in [0.15, 0.2) is 5.78 Å². The first-order chi connectivity index (χ1) is 12.6. The Morgan fingerprint density at radius 1 is 1.11 bits per heavy atom. The topological polar surface area (TPSA) is 116 Å². The molecular formula is C20H20N2O5. The van der Waals surface area contributed by atoms with Crippen LogP contribution in [0.5, 0.6) is 0 Å². The third-order valence-corrected chi connectivity index (χ3v) is 4.62. The van der Waals surface area contributed by atoms with Crippen molar-refractivity contribution in [2.24, 2.45) is 5.41 Å². The quantitative estimate of drug-likeness (QED) is 0.770. The fourth-order valence-electron chi connectivity index (χ4n) is 3.33. The van der Waals surface area contributed by atoms with E-state index in [0.717, 1.165) is 5.56 Å². The van der Waals surface area contributed by atoms with E-state index in [0.29, 0.717) is 24.1 Å². The number of pyridine rings is 1. The number of rotatable bonds is 3. The molecule has 0 radical (unpaired) electrons. The fourth-order valence-corrected chi connectivity index (χ4v) is 3.33. The average molecular weight is 368 g/mol. The predicted octanol–water partition coefficient (Wildman–Crippen LogP) is 2.79. The van der Waals surface area contributed by atoms with Crippen LogP contribution in [0.2, 0.25) is 0 Å². The number of hydrogen-bond acceptors (Lipinski definition) is 4. The molecule has 0 saturated carbocycles. The Bertz CT molecular complexity index is 1030. The second-order valence-corrected chi connectivity index (χ2v) is 7.65. The lowest BCUT2D eigenvalue weighted by molar-refractivity contribution is 0.0697. The molecule has 1 amide bonds. The van der Waals surface area contributed by atoms with Crippen molar-refractivity contribution >= 4 is 23.3 Å². The number of H-pyrrole nitrogens is 1. The van der Waals surface area contributed by atoms with E-state index in [9.17, 15) is 24.3 Å². The molecule has 1 aliphatic carbocycles. The highest BCUT2D eigenvalue weighted by molar-refractivity contribution is 6.09. The number of aromatic carboxylic acids is 1. The largest absolute Gasteiger partial charge is 0.478 e. The lowest BCUT2D eigenvalue weighted by atomic mass is 9.75. The molecule has 7 nitrogen and oxygen atoms in total. The number of nitrogens with one attached hydrogen (secondary N) is 2. The van der Waals surface area contributed by atoms with Gasteiger partial charge in [0.25, 0.3) is 11.5 Å². The van der Waals surface area contributed by atoms with Crippen LogP contribution in [0.15, 0.2) is 29.1 Å². The van der Waals surface area contributed by atoms with Gasteiger partial charge >= 0.3 is 5.97 Å². The van der Waals surface area contributed by atoms with Crippen LogP contribution >= 0.6 is 0 Å². The van der Waals surface area contributed by atoms with E-state index in [4.69, 9.17) is 0 Å². The molecule has 0 saturated heterocycles. The minimum absolute atomic E-state index is 0.0736. The second kappa shape index (κ2) is 6.50. The molecule has 0 aliphatic heterocycles. The molecule has 0 bridgehead atoms. The smallest absolute Gasteiger partial charge is 0.337 e. The molecule has 3 rings (SSSR count). The minimum atomic E-state index is -1.19. The number of Topliss-reactive ketones (excluding diaryl/α,β-unsaturated/α-hetero) is 1. The summed E-state index contributed by atoms with van der Waals surface area (Å²) in [4.78, 5) is 51.4. The van der Waals surface area contributed by atoms with E-state index in [1.165, 1.54) is 18.2 Å². The van der Waals surface area contributed by atoms with Crippen molar-refractivity contribution in [1.82, 2.24) is 4.98 Å². The summed E-state index contributed by atoms with van der Waals surface area (Å²) in [7, 11) is 0. The number of benzene rings is 1. The van der Waals surface area contributed by atoms with Crippen LogP contribution in [0.4, 0.5) is 5.69 Å². The summed E-state index contributed by atoms with van der Waals surface area (Å²) in [5.74, 6) is -2.08. The van der Waals surface area contributed by atoms with Gasteiger partial charge in [-0.2, -0.15) is 0 Å². The van der Waals surface area contributed by atoms with Crippen molar-refractivity contribution in [3.63, 3.8) is 0 Å². The zero-order valence-electron chi connectivity index (χ0n) is 15.3. The number of carboxylic acid groups (broad SMARTS) is 1. The zero-order valence-corrected chi connectivity index (χ0v) is 15.3. The van der Waals surface area contributed by atoms with Gasteiger partial charge in [0.05, 0.1) is 11.3 Å². The first-order valence-corrected chi connectivity index (χ1v) is 8.52. The van der Waals surface area contributed by atoms with Gasteiger partial charge in [-0.25, -0.2) is 4.79 Å². The van der Waals surface area contributed by atoms with Gasteiger partial charge in [-0.05, 0) is 37.0 Å². The number of hydrogen-bond donors (Lipinski definition) is 3. The third kappa shape index (κ3) is 3.67. The van der Waals surface area contributed by atoms with E-state index in [-0.39, 0.29) is 28.0 Å². The average Bonchev–Trinajstić information content (AvgIpc) is 2.54. The van der Waals surface area contributed by atoms with Gasteiger partial charge in [0.1, 0.15) is 5.56 Å². The number of carbonyl (C=O) groups excluding carboxylic acids is 2. The van der Waals surface area contributed by atoms with E-state index in [2.05, 4.69) is 10.3 Å². The first-order valence-electron chi connectivity index (χ1n) is 8.52. The number of fused-ring (bicyclic) bond motifs is 1. The van der Waals surface area contributed by atoms with E-state index >= 15 is 0 Å². The molecule has 27 heavy (non-hydrogen) atoms. The molecule has 0 atom stereocenters. The van der Waals surface area contributed by atoms with Gasteiger partial charge in [-0.1, -0.05) is 25.5 Å². The fraction of sp³-hybridized carbons (Fsp3) is 0.300. The summed E-state index contributed by atoms with van der Waals surface area (Å²) in [6.45, 7) is 5.62. The maximum atomic E-state index is 12.6. The summed E-state index contributed by atoms with van der Waals surface area (Å²) < 4.78 is 0. The van der Waals surface area contributed by atoms with Gasteiger partial charge < -0.3 is 15.4 Å². The van der Waals surface area contributed by atoms with Crippen molar-refractivity contribution < 1.29 is 19.5 Å². The number of aromatic amines is 1. The van der Waals surface area contributed by atoms with E-state index in [1.807, 2.05) is 13.8 Å². The van der Waals surface area contributed by atoms with Crippen molar-refractivity contribution in [1.29, 1.82) is 0 Å². The Labute approximate surface area is 155 Å². The van der Waals surface area contributed by atoms with Gasteiger partial charge in [-0.15, -0.1) is 0 Å². The van der Waals surface area contributed by atoms with Crippen molar-refractivity contribution in [2.45, 2.75) is 33.6 Å². The predicted molar refractivity (Wildman–Crippen MR) is 99.6 cm³/mol. The lowest BCUT2D eigenvalue weighted by Gasteiger charge is -2.29. The maximum absolute atomic E-state index is 12.6.